The molecule has 0 unspecified atom stereocenters. The normalized spacial score (nSPS) is 11.4. The first-order chi connectivity index (χ1) is 12.5. The van der Waals surface area contributed by atoms with Crippen LogP contribution in [0.4, 0.5) is 22.0 Å². The van der Waals surface area contributed by atoms with Crippen molar-refractivity contribution in [2.45, 2.75) is 26.1 Å². The fourth-order valence-electron chi connectivity index (χ4n) is 2.29. The Morgan fingerprint density at radius 2 is 1.37 bits per heavy atom. The van der Waals surface area contributed by atoms with Crippen LogP contribution in [0.3, 0.4) is 0 Å². The van der Waals surface area contributed by atoms with Crippen LogP contribution < -0.4 is 9.74 Å². The molecular formula is C18H18F5NO2Si. The van der Waals surface area contributed by atoms with E-state index >= 15 is 0 Å². The number of halogens is 5. The van der Waals surface area contributed by atoms with Crippen molar-refractivity contribution in [2.75, 3.05) is 6.54 Å². The van der Waals surface area contributed by atoms with E-state index in [2.05, 4.69) is 5.32 Å². The Morgan fingerprint density at radius 3 is 1.85 bits per heavy atom. The van der Waals surface area contributed by atoms with Crippen molar-refractivity contribution >= 4 is 14.2 Å². The average Bonchev–Trinajstić information content (AvgIpc) is 2.58. The first-order valence-electron chi connectivity index (χ1n) is 8.09. The second kappa shape index (κ2) is 8.08. The molecule has 1 amide bonds. The quantitative estimate of drug-likeness (QED) is 0.332. The second-order valence-corrected chi connectivity index (χ2v) is 11.2. The smallest absolute Gasteiger partial charge is 0.257 e. The molecule has 2 aromatic rings. The average molecular weight is 403 g/mol. The zero-order valence-electron chi connectivity index (χ0n) is 14.9. The molecule has 3 nitrogen and oxygen atoms in total. The minimum absolute atomic E-state index is 0.0491. The fraction of sp³-hybridized carbons (Fsp3) is 0.278. The molecule has 0 spiro atoms. The molecule has 0 aliphatic rings. The number of carbonyl (C=O) groups excluding carboxylic acids is 1. The maximum Gasteiger partial charge on any atom is 0.257 e. The van der Waals surface area contributed by atoms with Crippen molar-refractivity contribution in [3.8, 4) is 5.75 Å². The molecule has 0 aliphatic carbocycles. The number of amides is 1. The molecule has 1 N–H and O–H groups in total. The molecule has 2 rings (SSSR count). The third-order valence-electron chi connectivity index (χ3n) is 3.48. The van der Waals surface area contributed by atoms with Gasteiger partial charge in [-0.15, -0.1) is 0 Å². The zero-order chi connectivity index (χ0) is 20.4. The number of benzene rings is 2. The highest BCUT2D eigenvalue weighted by molar-refractivity contribution is 6.70. The number of carbonyl (C=O) groups is 1. The van der Waals surface area contributed by atoms with Crippen LogP contribution in [-0.4, -0.2) is 20.8 Å². The molecule has 2 aromatic carbocycles. The first kappa shape index (κ1) is 20.9. The van der Waals surface area contributed by atoms with Gasteiger partial charge in [0, 0.05) is 6.54 Å². The number of rotatable bonds is 6. The lowest BCUT2D eigenvalue weighted by Crippen LogP contribution is -2.29. The summed E-state index contributed by atoms with van der Waals surface area (Å²) in [4.78, 5) is 11.8. The lowest BCUT2D eigenvalue weighted by Gasteiger charge is -2.19. The van der Waals surface area contributed by atoms with E-state index in [1.807, 2.05) is 19.6 Å². The SMILES string of the molecule is C[Si](C)(C)Oc1ccc(CCNC(=O)c2c(F)c(F)c(F)c(F)c2F)cc1. The summed E-state index contributed by atoms with van der Waals surface area (Å²) in [6.45, 7) is 6.06. The summed E-state index contributed by atoms with van der Waals surface area (Å²) in [7, 11) is -1.73. The Kier molecular flexibility index (Phi) is 6.25. The van der Waals surface area contributed by atoms with E-state index in [9.17, 15) is 26.7 Å². The van der Waals surface area contributed by atoms with Gasteiger partial charge in [-0.2, -0.15) is 0 Å². The van der Waals surface area contributed by atoms with Crippen molar-refractivity contribution < 1.29 is 31.2 Å². The van der Waals surface area contributed by atoms with Gasteiger partial charge >= 0.3 is 0 Å². The van der Waals surface area contributed by atoms with E-state index in [1.165, 1.54) is 0 Å². The monoisotopic (exact) mass is 403 g/mol. The Labute approximate surface area is 154 Å². The highest BCUT2D eigenvalue weighted by Crippen LogP contribution is 2.23. The van der Waals surface area contributed by atoms with Gasteiger partial charge < -0.3 is 9.74 Å². The van der Waals surface area contributed by atoms with Gasteiger partial charge in [-0.25, -0.2) is 22.0 Å². The molecular weight excluding hydrogens is 385 g/mol. The third kappa shape index (κ3) is 5.06. The molecule has 0 radical (unpaired) electrons. The third-order valence-corrected chi connectivity index (χ3v) is 4.33. The zero-order valence-corrected chi connectivity index (χ0v) is 15.9. The standard InChI is InChI=1S/C18H18F5NO2Si/c1-27(2,3)26-11-6-4-10(5-7-11)8-9-24-18(25)12-13(19)15(21)17(23)16(22)14(12)20/h4-7H,8-9H2,1-3H3,(H,24,25). The van der Waals surface area contributed by atoms with Crippen molar-refractivity contribution in [3.63, 3.8) is 0 Å². The molecule has 0 saturated heterocycles. The Hall–Kier alpha value is -2.42. The van der Waals surface area contributed by atoms with Gasteiger partial charge in [0.1, 0.15) is 11.3 Å². The van der Waals surface area contributed by atoms with Crippen molar-refractivity contribution in [1.82, 2.24) is 5.32 Å². The highest BCUT2D eigenvalue weighted by Gasteiger charge is 2.29. The summed E-state index contributed by atoms with van der Waals surface area (Å²) in [5.41, 5.74) is -0.694. The van der Waals surface area contributed by atoms with E-state index in [1.54, 1.807) is 24.3 Å². The molecule has 0 aromatic heterocycles. The van der Waals surface area contributed by atoms with Crippen LogP contribution in [0.1, 0.15) is 15.9 Å². The van der Waals surface area contributed by atoms with Crippen LogP contribution in [0, 0.1) is 29.1 Å². The van der Waals surface area contributed by atoms with Gasteiger partial charge in [-0.1, -0.05) is 12.1 Å². The molecule has 0 heterocycles. The first-order valence-corrected chi connectivity index (χ1v) is 11.5. The predicted molar refractivity (Wildman–Crippen MR) is 92.7 cm³/mol. The van der Waals surface area contributed by atoms with Crippen molar-refractivity contribution in [3.05, 3.63) is 64.5 Å². The largest absolute Gasteiger partial charge is 0.544 e. The lowest BCUT2D eigenvalue weighted by atomic mass is 10.1. The molecule has 9 heteroatoms. The second-order valence-electron chi connectivity index (χ2n) is 6.81. The number of hydrogen-bond acceptors (Lipinski definition) is 2. The van der Waals surface area contributed by atoms with Crippen LogP contribution >= 0.6 is 0 Å². The maximum atomic E-state index is 13.6. The number of hydrogen-bond donors (Lipinski definition) is 1. The van der Waals surface area contributed by atoms with Crippen LogP contribution in [0.25, 0.3) is 0 Å². The van der Waals surface area contributed by atoms with Gasteiger partial charge in [-0.3, -0.25) is 4.79 Å². The van der Waals surface area contributed by atoms with Crippen molar-refractivity contribution in [2.24, 2.45) is 0 Å². The molecule has 0 saturated carbocycles. The topological polar surface area (TPSA) is 38.3 Å². The number of nitrogens with one attached hydrogen (secondary N) is 1. The molecule has 0 atom stereocenters. The van der Waals surface area contributed by atoms with E-state index in [0.29, 0.717) is 12.2 Å². The Bertz CT molecular complexity index is 821. The minimum Gasteiger partial charge on any atom is -0.544 e. The van der Waals surface area contributed by atoms with E-state index in [4.69, 9.17) is 4.43 Å². The highest BCUT2D eigenvalue weighted by atomic mass is 28.4. The van der Waals surface area contributed by atoms with E-state index < -0.39 is 48.9 Å². The molecule has 146 valence electrons. The lowest BCUT2D eigenvalue weighted by molar-refractivity contribution is 0.0942. The van der Waals surface area contributed by atoms with Gasteiger partial charge in [0.25, 0.3) is 5.91 Å². The van der Waals surface area contributed by atoms with Crippen molar-refractivity contribution in [1.29, 1.82) is 0 Å². The predicted octanol–water partition coefficient (Wildman–Crippen LogP) is 4.57. The van der Waals surface area contributed by atoms with Crippen LogP contribution in [0.15, 0.2) is 24.3 Å². The summed E-state index contributed by atoms with van der Waals surface area (Å²) in [5.74, 6) is -11.6. The van der Waals surface area contributed by atoms with Crippen LogP contribution in [0.5, 0.6) is 5.75 Å². The summed E-state index contributed by atoms with van der Waals surface area (Å²) < 4.78 is 72.3. The maximum absolute atomic E-state index is 13.6. The Morgan fingerprint density at radius 1 is 0.889 bits per heavy atom. The molecule has 0 bridgehead atoms. The van der Waals surface area contributed by atoms with Gasteiger partial charge in [0.05, 0.1) is 0 Å². The summed E-state index contributed by atoms with van der Waals surface area (Å²) in [5, 5.41) is 2.16. The Balaban J connectivity index is 2.01. The van der Waals surface area contributed by atoms with Crippen LogP contribution in [0.2, 0.25) is 19.6 Å². The van der Waals surface area contributed by atoms with Gasteiger partial charge in [0.2, 0.25) is 14.1 Å². The summed E-state index contributed by atoms with van der Waals surface area (Å²) >= 11 is 0. The summed E-state index contributed by atoms with van der Waals surface area (Å²) in [6.07, 6.45) is 0.300. The molecule has 0 fully saturated rings. The van der Waals surface area contributed by atoms with E-state index in [-0.39, 0.29) is 6.54 Å². The molecule has 0 aliphatic heterocycles. The minimum atomic E-state index is -2.30. The van der Waals surface area contributed by atoms with Crippen LogP contribution in [-0.2, 0) is 6.42 Å². The van der Waals surface area contributed by atoms with Gasteiger partial charge in [-0.05, 0) is 43.8 Å². The molecule has 27 heavy (non-hydrogen) atoms. The summed E-state index contributed by atoms with van der Waals surface area (Å²) in [6, 6.07) is 7.05. The fourth-order valence-corrected chi connectivity index (χ4v) is 3.13. The van der Waals surface area contributed by atoms with Gasteiger partial charge in [0.15, 0.2) is 23.3 Å². The van der Waals surface area contributed by atoms with E-state index in [0.717, 1.165) is 5.56 Å².